The molecule has 3 aromatic rings. The van der Waals surface area contributed by atoms with E-state index in [0.717, 1.165) is 3.57 Å². The lowest BCUT2D eigenvalue weighted by Crippen LogP contribution is -2.39. The molecule has 2 N–H and O–H groups in total. The molecule has 2 saturated heterocycles. The second-order valence-electron chi connectivity index (χ2n) is 7.35. The number of likely N-dealkylation sites (tertiary alicyclic amines) is 1. The summed E-state index contributed by atoms with van der Waals surface area (Å²) in [6.07, 6.45) is 0.621. The maximum atomic E-state index is 14.5. The highest BCUT2D eigenvalue weighted by molar-refractivity contribution is 14.1. The van der Waals surface area contributed by atoms with Crippen LogP contribution in [0, 0.1) is 15.3 Å². The number of benzene rings is 1. The second kappa shape index (κ2) is 7.88. The summed E-state index contributed by atoms with van der Waals surface area (Å²) in [4.78, 5) is 36.9. The lowest BCUT2D eigenvalue weighted by molar-refractivity contribution is -0.0982. The quantitative estimate of drug-likeness (QED) is 0.473. The van der Waals surface area contributed by atoms with Crippen molar-refractivity contribution in [2.75, 3.05) is 25.0 Å². The molecule has 2 aliphatic heterocycles. The number of hydrogen-bond acceptors (Lipinski definition) is 6. The van der Waals surface area contributed by atoms with Crippen LogP contribution in [-0.2, 0) is 4.84 Å². The highest BCUT2D eigenvalue weighted by Gasteiger charge is 2.47. The third-order valence-electron chi connectivity index (χ3n) is 5.47. The first-order valence-corrected chi connectivity index (χ1v) is 11.4. The lowest BCUT2D eigenvalue weighted by Gasteiger charge is -2.23. The van der Waals surface area contributed by atoms with Crippen molar-refractivity contribution in [1.82, 2.24) is 14.9 Å². The number of rotatable bonds is 3. The van der Waals surface area contributed by atoms with Crippen molar-refractivity contribution < 1.29 is 23.9 Å². The first-order valence-electron chi connectivity index (χ1n) is 9.46. The van der Waals surface area contributed by atoms with Crippen LogP contribution in [0.3, 0.4) is 0 Å². The Balaban J connectivity index is 1.52. The molecule has 0 radical (unpaired) electrons. The molecule has 1 aromatic carbocycles. The van der Waals surface area contributed by atoms with Crippen LogP contribution in [0.2, 0.25) is 0 Å². The number of halogens is 2. The second-order valence-corrected chi connectivity index (χ2v) is 9.60. The maximum Gasteiger partial charge on any atom is 0.407 e. The predicted octanol–water partition coefficient (Wildman–Crippen LogP) is 4.15. The van der Waals surface area contributed by atoms with Crippen molar-refractivity contribution in [2.45, 2.75) is 6.04 Å². The Labute approximate surface area is 193 Å². The number of hydrogen-bond donors (Lipinski definition) is 2. The number of amides is 2. The van der Waals surface area contributed by atoms with Crippen LogP contribution in [0.5, 0.6) is 0 Å². The minimum atomic E-state index is -1.01. The zero-order valence-electron chi connectivity index (χ0n) is 15.9. The van der Waals surface area contributed by atoms with E-state index < -0.39 is 17.8 Å². The Morgan fingerprint density at radius 2 is 2.16 bits per heavy atom. The summed E-state index contributed by atoms with van der Waals surface area (Å²) < 4.78 is 15.2. The first-order chi connectivity index (χ1) is 14.9. The molecular formula is C20H16FIN4O4S. The Bertz CT molecular complexity index is 1210. The molecule has 0 aliphatic carbocycles. The number of hydroxylamine groups is 2. The van der Waals surface area contributed by atoms with E-state index in [0.29, 0.717) is 27.3 Å². The number of fused-ring (bicyclic) bond motifs is 2. The Kier molecular flexibility index (Phi) is 5.18. The average molecular weight is 554 g/mol. The van der Waals surface area contributed by atoms with Gasteiger partial charge in [0.05, 0.1) is 23.9 Å². The number of carbonyl (C=O) groups is 2. The van der Waals surface area contributed by atoms with Gasteiger partial charge in [0.2, 0.25) is 0 Å². The number of nitrogens with zero attached hydrogens (tertiary/aromatic N) is 3. The van der Waals surface area contributed by atoms with Gasteiger partial charge in [-0.25, -0.2) is 19.2 Å². The fourth-order valence-corrected chi connectivity index (χ4v) is 5.48. The van der Waals surface area contributed by atoms with E-state index in [4.69, 9.17) is 4.84 Å². The summed E-state index contributed by atoms with van der Waals surface area (Å²) in [5.41, 5.74) is 0.583. The molecule has 0 saturated carbocycles. The number of nitrogens with one attached hydrogen (secondary N) is 1. The molecule has 2 fully saturated rings. The number of carbonyl (C=O) groups excluding carboxylic acids is 1. The van der Waals surface area contributed by atoms with Gasteiger partial charge in [0.15, 0.2) is 0 Å². The number of aromatic nitrogens is 1. The SMILES string of the molecule is O=C(O)N1CC2CON(C(=O)c3c(Nc4ccc(I)cc4F)sc4ncccc34)C2C1. The minimum absolute atomic E-state index is 0.0758. The molecule has 2 unspecified atom stereocenters. The van der Waals surface area contributed by atoms with Crippen LogP contribution >= 0.6 is 33.9 Å². The molecule has 0 bridgehead atoms. The molecule has 2 atom stereocenters. The van der Waals surface area contributed by atoms with Crippen molar-refractivity contribution >= 4 is 66.8 Å². The molecule has 0 spiro atoms. The monoisotopic (exact) mass is 554 g/mol. The van der Waals surface area contributed by atoms with Crippen LogP contribution in [-0.4, -0.2) is 57.8 Å². The first kappa shape index (κ1) is 20.4. The third kappa shape index (κ3) is 3.59. The van der Waals surface area contributed by atoms with Gasteiger partial charge < -0.3 is 15.3 Å². The van der Waals surface area contributed by atoms with Gasteiger partial charge in [-0.1, -0.05) is 11.3 Å². The predicted molar refractivity (Wildman–Crippen MR) is 121 cm³/mol. The number of anilines is 2. The molecule has 2 aromatic heterocycles. The zero-order chi connectivity index (χ0) is 21.7. The van der Waals surface area contributed by atoms with Gasteiger partial charge in [-0.05, 0) is 52.9 Å². The number of carboxylic acid groups (broad SMARTS) is 1. The van der Waals surface area contributed by atoms with Gasteiger partial charge in [0.25, 0.3) is 5.91 Å². The smallest absolute Gasteiger partial charge is 0.407 e. The molecule has 2 aliphatic rings. The van der Waals surface area contributed by atoms with Gasteiger partial charge in [-0.15, -0.1) is 0 Å². The summed E-state index contributed by atoms with van der Waals surface area (Å²) in [7, 11) is 0. The normalized spacial score (nSPS) is 20.3. The van der Waals surface area contributed by atoms with E-state index in [1.807, 2.05) is 22.6 Å². The molecular weight excluding hydrogens is 538 g/mol. The third-order valence-corrected chi connectivity index (χ3v) is 7.17. The molecule has 8 nitrogen and oxygen atoms in total. The van der Waals surface area contributed by atoms with Gasteiger partial charge in [-0.3, -0.25) is 9.63 Å². The maximum absolute atomic E-state index is 14.5. The van der Waals surface area contributed by atoms with Crippen molar-refractivity contribution in [3.63, 3.8) is 0 Å². The summed E-state index contributed by atoms with van der Waals surface area (Å²) in [6, 6.07) is 7.95. The fourth-order valence-electron chi connectivity index (χ4n) is 3.98. The van der Waals surface area contributed by atoms with Crippen LogP contribution in [0.25, 0.3) is 10.2 Å². The van der Waals surface area contributed by atoms with E-state index >= 15 is 0 Å². The van der Waals surface area contributed by atoms with Gasteiger partial charge in [0, 0.05) is 34.2 Å². The fraction of sp³-hybridized carbons (Fsp3) is 0.250. The van der Waals surface area contributed by atoms with Crippen LogP contribution in [0.15, 0.2) is 36.5 Å². The van der Waals surface area contributed by atoms with E-state index in [-0.39, 0.29) is 30.8 Å². The van der Waals surface area contributed by atoms with E-state index in [2.05, 4.69) is 10.3 Å². The highest BCUT2D eigenvalue weighted by atomic mass is 127. The molecule has 11 heteroatoms. The molecule has 4 heterocycles. The molecule has 160 valence electrons. The van der Waals surface area contributed by atoms with Crippen molar-refractivity contribution in [2.24, 2.45) is 5.92 Å². The Morgan fingerprint density at radius 1 is 1.32 bits per heavy atom. The molecule has 31 heavy (non-hydrogen) atoms. The highest BCUT2D eigenvalue weighted by Crippen LogP contribution is 2.40. The zero-order valence-corrected chi connectivity index (χ0v) is 18.9. The standard InChI is InChI=1S/C20H16FIN4O4S/c21-13-6-11(22)3-4-14(13)24-18-16(12-2-1-5-23-17(12)31-18)19(27)26-15-8-25(20(28)29)7-10(15)9-30-26/h1-6,10,15,24H,7-9H2,(H,28,29). The number of pyridine rings is 1. The minimum Gasteiger partial charge on any atom is -0.465 e. The summed E-state index contributed by atoms with van der Waals surface area (Å²) in [6.45, 7) is 0.796. The van der Waals surface area contributed by atoms with Crippen LogP contribution < -0.4 is 5.32 Å². The van der Waals surface area contributed by atoms with Gasteiger partial charge >= 0.3 is 6.09 Å². The van der Waals surface area contributed by atoms with Gasteiger partial charge in [0.1, 0.15) is 15.6 Å². The number of thiophene rings is 1. The molecule has 2 amide bonds. The Morgan fingerprint density at radius 3 is 2.94 bits per heavy atom. The van der Waals surface area contributed by atoms with Crippen molar-refractivity contribution in [3.8, 4) is 0 Å². The topological polar surface area (TPSA) is 95.0 Å². The van der Waals surface area contributed by atoms with Gasteiger partial charge in [-0.2, -0.15) is 0 Å². The van der Waals surface area contributed by atoms with Crippen molar-refractivity contribution in [1.29, 1.82) is 0 Å². The van der Waals surface area contributed by atoms with Crippen LogP contribution in [0.4, 0.5) is 19.9 Å². The van der Waals surface area contributed by atoms with Crippen LogP contribution in [0.1, 0.15) is 10.4 Å². The summed E-state index contributed by atoms with van der Waals surface area (Å²) >= 11 is 3.28. The van der Waals surface area contributed by atoms with Crippen molar-refractivity contribution in [3.05, 3.63) is 51.5 Å². The molecule has 5 rings (SSSR count). The summed E-state index contributed by atoms with van der Waals surface area (Å²) in [5.74, 6) is -0.901. The van der Waals surface area contributed by atoms with E-state index in [9.17, 15) is 19.1 Å². The largest absolute Gasteiger partial charge is 0.465 e. The van der Waals surface area contributed by atoms with E-state index in [1.165, 1.54) is 27.4 Å². The Hall–Kier alpha value is -2.51. The lowest BCUT2D eigenvalue weighted by atomic mass is 10.1. The van der Waals surface area contributed by atoms with E-state index in [1.54, 1.807) is 30.5 Å². The average Bonchev–Trinajstić information content (AvgIpc) is 3.41. The summed E-state index contributed by atoms with van der Waals surface area (Å²) in [5, 5.41) is 14.7.